The van der Waals surface area contributed by atoms with Gasteiger partial charge in [-0.2, -0.15) is 4.31 Å². The van der Waals surface area contributed by atoms with Crippen LogP contribution in [-0.2, 0) is 10.0 Å². The largest absolute Gasteiger partial charge is 0.487 e. The van der Waals surface area contributed by atoms with E-state index in [1.54, 1.807) is 49.3 Å². The SMILES string of the molecule is C[C@@H]1CN([C@@H](C)CO)S(=O)(=O)c2ccc(C#CC3CC3)cc2O[C@H]1CN(C)C(=O)c1cccnc1. The molecule has 4 rings (SSSR count). The van der Waals surface area contributed by atoms with Crippen molar-refractivity contribution in [1.82, 2.24) is 14.2 Å². The van der Waals surface area contributed by atoms with Crippen molar-refractivity contribution in [2.75, 3.05) is 26.7 Å². The van der Waals surface area contributed by atoms with Crippen molar-refractivity contribution in [3.05, 3.63) is 53.9 Å². The summed E-state index contributed by atoms with van der Waals surface area (Å²) in [5.41, 5.74) is 1.14. The third kappa shape index (κ3) is 5.67. The summed E-state index contributed by atoms with van der Waals surface area (Å²) >= 11 is 0. The van der Waals surface area contributed by atoms with Gasteiger partial charge in [0.25, 0.3) is 5.91 Å². The van der Waals surface area contributed by atoms with Crippen molar-refractivity contribution in [2.24, 2.45) is 11.8 Å². The van der Waals surface area contributed by atoms with Crippen molar-refractivity contribution in [2.45, 2.75) is 43.7 Å². The highest BCUT2D eigenvalue weighted by Gasteiger charge is 2.38. The predicted molar refractivity (Wildman–Crippen MR) is 131 cm³/mol. The number of fused-ring (bicyclic) bond motifs is 1. The van der Waals surface area contributed by atoms with Gasteiger partial charge in [-0.3, -0.25) is 9.78 Å². The van der Waals surface area contributed by atoms with E-state index < -0.39 is 22.2 Å². The first-order chi connectivity index (χ1) is 16.7. The fourth-order valence-corrected chi connectivity index (χ4v) is 5.82. The third-order valence-electron chi connectivity index (χ3n) is 6.37. The minimum atomic E-state index is -3.92. The van der Waals surface area contributed by atoms with Gasteiger partial charge in [0, 0.05) is 49.4 Å². The second kappa shape index (κ2) is 10.4. The number of aliphatic hydroxyl groups excluding tert-OH is 1. The first-order valence-electron chi connectivity index (χ1n) is 11.8. The molecule has 35 heavy (non-hydrogen) atoms. The van der Waals surface area contributed by atoms with E-state index in [2.05, 4.69) is 16.8 Å². The molecule has 186 valence electrons. The van der Waals surface area contributed by atoms with Crippen LogP contribution in [0.3, 0.4) is 0 Å². The molecule has 0 unspecified atom stereocenters. The number of benzene rings is 1. The first-order valence-corrected chi connectivity index (χ1v) is 13.2. The highest BCUT2D eigenvalue weighted by atomic mass is 32.2. The number of aromatic nitrogens is 1. The summed E-state index contributed by atoms with van der Waals surface area (Å²) in [5.74, 6) is 6.46. The van der Waals surface area contributed by atoms with E-state index in [9.17, 15) is 18.3 Å². The van der Waals surface area contributed by atoms with Crippen LogP contribution in [0.5, 0.6) is 5.75 Å². The van der Waals surface area contributed by atoms with Crippen molar-refractivity contribution in [3.63, 3.8) is 0 Å². The van der Waals surface area contributed by atoms with Crippen LogP contribution in [0, 0.1) is 23.7 Å². The Hall–Kier alpha value is -2.93. The molecule has 1 amide bonds. The molecule has 0 radical (unpaired) electrons. The quantitative estimate of drug-likeness (QED) is 0.637. The van der Waals surface area contributed by atoms with Crippen LogP contribution < -0.4 is 4.74 Å². The van der Waals surface area contributed by atoms with Gasteiger partial charge in [0.1, 0.15) is 16.7 Å². The number of carbonyl (C=O) groups is 1. The molecule has 2 aromatic rings. The number of hydrogen-bond donors (Lipinski definition) is 1. The lowest BCUT2D eigenvalue weighted by atomic mass is 10.0. The van der Waals surface area contributed by atoms with Gasteiger partial charge in [-0.1, -0.05) is 18.8 Å². The van der Waals surface area contributed by atoms with Gasteiger partial charge in [0.05, 0.1) is 18.7 Å². The van der Waals surface area contributed by atoms with Gasteiger partial charge in [-0.25, -0.2) is 8.42 Å². The molecule has 2 aliphatic rings. The Bertz CT molecular complexity index is 1230. The number of pyridine rings is 1. The predicted octanol–water partition coefficient (Wildman–Crippen LogP) is 2.38. The van der Waals surface area contributed by atoms with Gasteiger partial charge in [0.15, 0.2) is 0 Å². The molecule has 1 fully saturated rings. The second-order valence-corrected chi connectivity index (χ2v) is 11.2. The van der Waals surface area contributed by atoms with Crippen LogP contribution >= 0.6 is 0 Å². The number of ether oxygens (including phenoxy) is 1. The number of nitrogens with zero attached hydrogens (tertiary/aromatic N) is 3. The number of amides is 1. The van der Waals surface area contributed by atoms with E-state index in [4.69, 9.17) is 4.74 Å². The van der Waals surface area contributed by atoms with E-state index in [0.717, 1.165) is 12.8 Å². The van der Waals surface area contributed by atoms with Crippen LogP contribution in [0.2, 0.25) is 0 Å². The summed E-state index contributed by atoms with van der Waals surface area (Å²) in [5, 5.41) is 9.78. The van der Waals surface area contributed by atoms with E-state index in [1.807, 2.05) is 6.92 Å². The minimum absolute atomic E-state index is 0.0351. The fourth-order valence-electron chi connectivity index (χ4n) is 4.00. The number of likely N-dealkylation sites (N-methyl/N-ethyl adjacent to an activating group) is 1. The standard InChI is InChI=1S/C26H31N3O5S/c1-18-15-29(19(2)17-30)35(32,33)25-11-10-21(9-8-20-6-7-20)13-23(25)34-24(18)16-28(3)26(31)22-5-4-12-27-14-22/h4-5,10-14,18-20,24,30H,6-7,15-17H2,1-3H3/t18-,19+,24+/m1/s1. The topological polar surface area (TPSA) is 100 Å². The Morgan fingerprint density at radius 2 is 2.11 bits per heavy atom. The molecule has 8 nitrogen and oxygen atoms in total. The number of hydrogen-bond acceptors (Lipinski definition) is 6. The van der Waals surface area contributed by atoms with Gasteiger partial charge in [0.2, 0.25) is 10.0 Å². The first kappa shape index (κ1) is 25.2. The molecule has 2 heterocycles. The molecule has 1 aromatic heterocycles. The Morgan fingerprint density at radius 3 is 2.77 bits per heavy atom. The van der Waals surface area contributed by atoms with Gasteiger partial charge in [-0.05, 0) is 50.1 Å². The van der Waals surface area contributed by atoms with Gasteiger partial charge >= 0.3 is 0 Å². The van der Waals surface area contributed by atoms with Crippen molar-refractivity contribution in [1.29, 1.82) is 0 Å². The smallest absolute Gasteiger partial charge is 0.255 e. The van der Waals surface area contributed by atoms with E-state index in [0.29, 0.717) is 17.0 Å². The Kier molecular flexibility index (Phi) is 7.45. The molecule has 1 aromatic carbocycles. The van der Waals surface area contributed by atoms with Crippen LogP contribution in [-0.4, -0.2) is 72.5 Å². The molecule has 1 saturated carbocycles. The molecule has 0 saturated heterocycles. The lowest BCUT2D eigenvalue weighted by Gasteiger charge is -2.37. The molecule has 0 bridgehead atoms. The summed E-state index contributed by atoms with van der Waals surface area (Å²) in [7, 11) is -2.23. The highest BCUT2D eigenvalue weighted by molar-refractivity contribution is 7.89. The van der Waals surface area contributed by atoms with E-state index in [-0.39, 0.29) is 42.2 Å². The van der Waals surface area contributed by atoms with Crippen LogP contribution in [0.4, 0.5) is 0 Å². The van der Waals surface area contributed by atoms with Crippen LogP contribution in [0.25, 0.3) is 0 Å². The van der Waals surface area contributed by atoms with E-state index >= 15 is 0 Å². The normalized spacial score (nSPS) is 22.4. The molecular weight excluding hydrogens is 466 g/mol. The lowest BCUT2D eigenvalue weighted by molar-refractivity contribution is 0.0563. The Labute approximate surface area is 207 Å². The molecule has 1 aliphatic carbocycles. The second-order valence-electron chi connectivity index (χ2n) is 9.37. The van der Waals surface area contributed by atoms with Crippen LogP contribution in [0.15, 0.2) is 47.6 Å². The minimum Gasteiger partial charge on any atom is -0.487 e. The Morgan fingerprint density at radius 1 is 1.34 bits per heavy atom. The number of carbonyl (C=O) groups excluding carboxylic acids is 1. The van der Waals surface area contributed by atoms with Gasteiger partial charge in [-0.15, -0.1) is 0 Å². The summed E-state index contributed by atoms with van der Waals surface area (Å²) in [6, 6.07) is 7.67. The summed E-state index contributed by atoms with van der Waals surface area (Å²) in [6.07, 6.45) is 4.81. The summed E-state index contributed by atoms with van der Waals surface area (Å²) < 4.78 is 34.8. The van der Waals surface area contributed by atoms with E-state index in [1.165, 1.54) is 16.6 Å². The maximum Gasteiger partial charge on any atom is 0.255 e. The van der Waals surface area contributed by atoms with Crippen LogP contribution in [0.1, 0.15) is 42.6 Å². The zero-order chi connectivity index (χ0) is 25.2. The molecule has 1 aliphatic heterocycles. The fraction of sp³-hybridized carbons (Fsp3) is 0.462. The maximum atomic E-state index is 13.6. The number of aliphatic hydroxyl groups is 1. The molecule has 3 atom stereocenters. The summed E-state index contributed by atoms with van der Waals surface area (Å²) in [6.45, 7) is 3.65. The number of rotatable bonds is 5. The van der Waals surface area contributed by atoms with Crippen molar-refractivity contribution in [3.8, 4) is 17.6 Å². The van der Waals surface area contributed by atoms with Gasteiger partial charge < -0.3 is 14.7 Å². The lowest BCUT2D eigenvalue weighted by Crippen LogP contribution is -2.50. The monoisotopic (exact) mass is 497 g/mol. The van der Waals surface area contributed by atoms with Crippen molar-refractivity contribution < 1.29 is 23.1 Å². The zero-order valence-corrected chi connectivity index (χ0v) is 21.0. The Balaban J connectivity index is 1.69. The number of sulfonamides is 1. The maximum absolute atomic E-state index is 13.6. The zero-order valence-electron chi connectivity index (χ0n) is 20.2. The molecule has 1 N–H and O–H groups in total. The average molecular weight is 498 g/mol. The third-order valence-corrected chi connectivity index (χ3v) is 8.39. The molecular formula is C26H31N3O5S. The summed E-state index contributed by atoms with van der Waals surface area (Å²) in [4.78, 5) is 18.5. The highest BCUT2D eigenvalue weighted by Crippen LogP contribution is 2.34. The molecule has 9 heteroatoms. The molecule has 0 spiro atoms. The average Bonchev–Trinajstić information content (AvgIpc) is 3.69. The van der Waals surface area contributed by atoms with Crippen molar-refractivity contribution >= 4 is 15.9 Å².